The van der Waals surface area contributed by atoms with E-state index in [0.29, 0.717) is 17.4 Å². The molecule has 0 amide bonds. The fraction of sp³-hybridized carbons (Fsp3) is 0.0769. The van der Waals surface area contributed by atoms with E-state index in [0.717, 1.165) is 0 Å². The van der Waals surface area contributed by atoms with Crippen LogP contribution in [0.3, 0.4) is 0 Å². The molecule has 0 saturated heterocycles. The third kappa shape index (κ3) is 1.91. The molecule has 0 fully saturated rings. The van der Waals surface area contributed by atoms with Crippen LogP contribution in [-0.2, 0) is 6.42 Å². The maximum atomic E-state index is 11.3. The largest absolute Gasteiger partial charge is 0.508 e. The molecule has 4 heteroatoms. The molecular formula is C13H9NO3. The zero-order valence-electron chi connectivity index (χ0n) is 8.93. The smallest absolute Gasteiger partial charge is 0.354 e. The van der Waals surface area contributed by atoms with Gasteiger partial charge in [-0.05, 0) is 24.1 Å². The third-order valence-corrected chi connectivity index (χ3v) is 2.42. The highest BCUT2D eigenvalue weighted by molar-refractivity contribution is 5.80. The maximum absolute atomic E-state index is 11.3. The van der Waals surface area contributed by atoms with Gasteiger partial charge in [0.25, 0.3) is 0 Å². The molecule has 0 radical (unpaired) electrons. The Bertz CT molecular complexity index is 692. The van der Waals surface area contributed by atoms with E-state index in [9.17, 15) is 9.90 Å². The second-order valence-electron chi connectivity index (χ2n) is 3.57. The number of aromatic hydroxyl groups is 1. The molecule has 17 heavy (non-hydrogen) atoms. The van der Waals surface area contributed by atoms with Crippen molar-refractivity contribution in [3.05, 3.63) is 52.4 Å². The lowest BCUT2D eigenvalue weighted by Crippen LogP contribution is -2.03. The number of nitriles is 1. The second kappa shape index (κ2) is 4.14. The molecule has 2 aromatic rings. The van der Waals surface area contributed by atoms with E-state index in [1.165, 1.54) is 12.1 Å². The van der Waals surface area contributed by atoms with E-state index >= 15 is 0 Å². The van der Waals surface area contributed by atoms with Gasteiger partial charge in [-0.3, -0.25) is 0 Å². The summed E-state index contributed by atoms with van der Waals surface area (Å²) in [6.07, 6.45) is 2.16. The molecule has 0 unspecified atom stereocenters. The van der Waals surface area contributed by atoms with Crippen molar-refractivity contribution in [2.75, 3.05) is 0 Å². The summed E-state index contributed by atoms with van der Waals surface area (Å²) in [5.74, 6) is 0.0465. The number of phenols is 1. The lowest BCUT2D eigenvalue weighted by atomic mass is 10.1. The molecule has 0 atom stereocenters. The van der Waals surface area contributed by atoms with Crippen LogP contribution in [0, 0.1) is 11.3 Å². The number of hydrogen-bond acceptors (Lipinski definition) is 4. The van der Waals surface area contributed by atoms with Gasteiger partial charge in [0.2, 0.25) is 0 Å². The third-order valence-electron chi connectivity index (χ3n) is 2.42. The van der Waals surface area contributed by atoms with Gasteiger partial charge in [0, 0.05) is 11.5 Å². The zero-order chi connectivity index (χ0) is 12.4. The first-order valence-electron chi connectivity index (χ1n) is 4.96. The summed E-state index contributed by atoms with van der Waals surface area (Å²) in [5, 5.41) is 19.0. The molecule has 1 aromatic heterocycles. The summed E-state index contributed by atoms with van der Waals surface area (Å²) < 4.78 is 4.93. The van der Waals surface area contributed by atoms with Crippen LogP contribution < -0.4 is 5.63 Å². The van der Waals surface area contributed by atoms with Crippen molar-refractivity contribution in [2.45, 2.75) is 6.42 Å². The Labute approximate surface area is 97.0 Å². The number of allylic oxidation sites excluding steroid dienone is 1. The molecule has 1 heterocycles. The Morgan fingerprint density at radius 3 is 2.88 bits per heavy atom. The average Bonchev–Trinajstić information content (AvgIpc) is 2.30. The minimum atomic E-state index is -0.698. The SMILES string of the molecule is C=CCc1cc2cc(C#N)c(=O)oc2cc1O. The minimum Gasteiger partial charge on any atom is -0.508 e. The standard InChI is InChI=1S/C13H9NO3/c1-2-3-8-4-9-5-10(7-14)13(16)17-12(9)6-11(8)15/h2,4-6,15H,1,3H2. The molecule has 1 aromatic carbocycles. The van der Waals surface area contributed by atoms with Gasteiger partial charge in [0.1, 0.15) is 23.0 Å². The molecule has 2 rings (SSSR count). The van der Waals surface area contributed by atoms with Crippen LogP contribution in [0.2, 0.25) is 0 Å². The molecule has 1 N–H and O–H groups in total. The van der Waals surface area contributed by atoms with Crippen LogP contribution in [0.15, 0.2) is 40.1 Å². The van der Waals surface area contributed by atoms with E-state index in [4.69, 9.17) is 9.68 Å². The van der Waals surface area contributed by atoms with Crippen molar-refractivity contribution in [3.63, 3.8) is 0 Å². The molecule has 0 aliphatic rings. The molecule has 0 spiro atoms. The lowest BCUT2D eigenvalue weighted by molar-refractivity contribution is 0.467. The number of rotatable bonds is 2. The highest BCUT2D eigenvalue weighted by Crippen LogP contribution is 2.25. The van der Waals surface area contributed by atoms with Crippen LogP contribution in [0.25, 0.3) is 11.0 Å². The van der Waals surface area contributed by atoms with Crippen LogP contribution in [0.4, 0.5) is 0 Å². The highest BCUT2D eigenvalue weighted by atomic mass is 16.4. The summed E-state index contributed by atoms with van der Waals surface area (Å²) in [6.45, 7) is 3.59. The van der Waals surface area contributed by atoms with Gasteiger partial charge < -0.3 is 9.52 Å². The number of nitrogens with zero attached hydrogens (tertiary/aromatic N) is 1. The number of benzene rings is 1. The topological polar surface area (TPSA) is 74.2 Å². The zero-order valence-corrected chi connectivity index (χ0v) is 8.93. The van der Waals surface area contributed by atoms with E-state index < -0.39 is 5.63 Å². The Kier molecular flexibility index (Phi) is 2.67. The van der Waals surface area contributed by atoms with Crippen LogP contribution in [-0.4, -0.2) is 5.11 Å². The molecule has 0 bridgehead atoms. The second-order valence-corrected chi connectivity index (χ2v) is 3.57. The number of hydrogen-bond donors (Lipinski definition) is 1. The maximum Gasteiger partial charge on any atom is 0.354 e. The van der Waals surface area contributed by atoms with E-state index in [1.807, 2.05) is 0 Å². The fourth-order valence-electron chi connectivity index (χ4n) is 1.60. The Morgan fingerprint density at radius 2 is 2.24 bits per heavy atom. The van der Waals surface area contributed by atoms with Crippen molar-refractivity contribution in [2.24, 2.45) is 0 Å². The molecule has 84 valence electrons. The molecule has 4 nitrogen and oxygen atoms in total. The van der Waals surface area contributed by atoms with E-state index in [-0.39, 0.29) is 16.9 Å². The van der Waals surface area contributed by atoms with Crippen LogP contribution in [0.5, 0.6) is 5.75 Å². The molecule has 0 aliphatic heterocycles. The van der Waals surface area contributed by atoms with Gasteiger partial charge in [0.05, 0.1) is 0 Å². The molecule has 0 aliphatic carbocycles. The van der Waals surface area contributed by atoms with Gasteiger partial charge >= 0.3 is 5.63 Å². The van der Waals surface area contributed by atoms with Crippen molar-refractivity contribution < 1.29 is 9.52 Å². The van der Waals surface area contributed by atoms with E-state index in [2.05, 4.69) is 6.58 Å². The fourth-order valence-corrected chi connectivity index (χ4v) is 1.60. The van der Waals surface area contributed by atoms with Crippen molar-refractivity contribution in [3.8, 4) is 11.8 Å². The van der Waals surface area contributed by atoms with Crippen LogP contribution >= 0.6 is 0 Å². The predicted octanol–water partition coefficient (Wildman–Crippen LogP) is 2.10. The van der Waals surface area contributed by atoms with Crippen LogP contribution in [0.1, 0.15) is 11.1 Å². The van der Waals surface area contributed by atoms with Gasteiger partial charge in [-0.15, -0.1) is 6.58 Å². The predicted molar refractivity (Wildman–Crippen MR) is 62.8 cm³/mol. The number of phenolic OH excluding ortho intramolecular Hbond substituents is 1. The first kappa shape index (κ1) is 11.0. The first-order valence-corrected chi connectivity index (χ1v) is 4.96. The summed E-state index contributed by atoms with van der Waals surface area (Å²) in [6, 6.07) is 6.26. The molecule has 0 saturated carbocycles. The average molecular weight is 227 g/mol. The first-order chi connectivity index (χ1) is 8.15. The van der Waals surface area contributed by atoms with Gasteiger partial charge in [-0.25, -0.2) is 4.79 Å². The summed E-state index contributed by atoms with van der Waals surface area (Å²) in [7, 11) is 0. The molecular weight excluding hydrogens is 218 g/mol. The lowest BCUT2D eigenvalue weighted by Gasteiger charge is -2.03. The normalized spacial score (nSPS) is 10.1. The summed E-state index contributed by atoms with van der Waals surface area (Å²) in [5.41, 5.74) is 0.188. The van der Waals surface area contributed by atoms with Crippen molar-refractivity contribution in [1.82, 2.24) is 0 Å². The van der Waals surface area contributed by atoms with Gasteiger partial charge in [-0.1, -0.05) is 6.08 Å². The quantitative estimate of drug-likeness (QED) is 0.629. The Morgan fingerprint density at radius 1 is 1.47 bits per heavy atom. The monoisotopic (exact) mass is 227 g/mol. The summed E-state index contributed by atoms with van der Waals surface area (Å²) >= 11 is 0. The minimum absolute atomic E-state index is 0.0465. The van der Waals surface area contributed by atoms with E-state index in [1.54, 1.807) is 18.2 Å². The van der Waals surface area contributed by atoms with Crippen molar-refractivity contribution >= 4 is 11.0 Å². The number of fused-ring (bicyclic) bond motifs is 1. The highest BCUT2D eigenvalue weighted by Gasteiger charge is 2.08. The van der Waals surface area contributed by atoms with Gasteiger partial charge in [0.15, 0.2) is 0 Å². The summed E-state index contributed by atoms with van der Waals surface area (Å²) in [4.78, 5) is 11.3. The Balaban J connectivity index is 2.76. The Hall–Kier alpha value is -2.54. The van der Waals surface area contributed by atoms with Gasteiger partial charge in [-0.2, -0.15) is 5.26 Å². The van der Waals surface area contributed by atoms with Crippen molar-refractivity contribution in [1.29, 1.82) is 5.26 Å².